The molecule has 4 aromatic rings. The van der Waals surface area contributed by atoms with E-state index < -0.39 is 7.82 Å². The van der Waals surface area contributed by atoms with E-state index in [1.54, 1.807) is 12.1 Å². The van der Waals surface area contributed by atoms with Gasteiger partial charge in [0.05, 0.1) is 0 Å². The van der Waals surface area contributed by atoms with Crippen LogP contribution >= 0.6 is 7.82 Å². The van der Waals surface area contributed by atoms with Crippen molar-refractivity contribution in [3.8, 4) is 5.75 Å². The predicted octanol–water partition coefficient (Wildman–Crippen LogP) is 7.02. The summed E-state index contributed by atoms with van der Waals surface area (Å²) >= 11 is 0. The Morgan fingerprint density at radius 2 is 0.944 bits per heavy atom. The summed E-state index contributed by atoms with van der Waals surface area (Å²) in [6.07, 6.45) is 11.6. The van der Waals surface area contributed by atoms with Crippen LogP contribution in [0.15, 0.2) is 103 Å². The first-order valence-electron chi connectivity index (χ1n) is 11.1. The predicted molar refractivity (Wildman–Crippen MR) is 152 cm³/mol. The van der Waals surface area contributed by atoms with Crippen LogP contribution in [0.4, 0.5) is 0 Å². The Balaban J connectivity index is 0.00000361. The summed E-state index contributed by atoms with van der Waals surface area (Å²) in [6.45, 7) is 0. The van der Waals surface area contributed by atoms with Crippen molar-refractivity contribution in [1.29, 1.82) is 0 Å². The van der Waals surface area contributed by atoms with E-state index in [2.05, 4.69) is 0 Å². The Kier molecular flexibility index (Phi) is 10.9. The molecule has 0 saturated heterocycles. The first-order valence-corrected chi connectivity index (χ1v) is 12.6. The molecule has 0 bridgehead atoms. The van der Waals surface area contributed by atoms with Gasteiger partial charge in [0, 0.05) is 5.56 Å². The molecular weight excluding hydrogens is 494 g/mol. The van der Waals surface area contributed by atoms with Crippen molar-refractivity contribution in [3.63, 3.8) is 0 Å². The van der Waals surface area contributed by atoms with Gasteiger partial charge >= 0.3 is 59.2 Å². The molecule has 4 nitrogen and oxygen atoms in total. The summed E-state index contributed by atoms with van der Waals surface area (Å²) in [4.78, 5) is 19.1. The first kappa shape index (κ1) is 28.3. The van der Waals surface area contributed by atoms with Crippen molar-refractivity contribution in [2.45, 2.75) is 0 Å². The van der Waals surface area contributed by atoms with Gasteiger partial charge in [-0.05, 0) is 33.9 Å². The Hall–Kier alpha value is -2.31. The molecule has 0 radical (unpaired) electrons. The second kappa shape index (κ2) is 13.8. The van der Waals surface area contributed by atoms with E-state index in [9.17, 15) is 14.4 Å². The van der Waals surface area contributed by atoms with E-state index in [1.807, 2.05) is 127 Å². The van der Waals surface area contributed by atoms with Gasteiger partial charge in [0.15, 0.2) is 0 Å². The van der Waals surface area contributed by atoms with Gasteiger partial charge in [-0.25, -0.2) is 4.57 Å². The van der Waals surface area contributed by atoms with Crippen LogP contribution in [-0.2, 0) is 4.57 Å². The van der Waals surface area contributed by atoms with Gasteiger partial charge in [-0.15, -0.1) is 0 Å². The maximum atomic E-state index is 11.7. The fourth-order valence-electron chi connectivity index (χ4n) is 3.58. The molecular formula is C30H26KO4P. The number of phosphoric ester groups is 1. The summed E-state index contributed by atoms with van der Waals surface area (Å²) in [7, 11) is -4.76. The number of hydrogen-bond donors (Lipinski definition) is 2. The fourth-order valence-corrected chi connectivity index (χ4v) is 4.00. The molecule has 4 aromatic carbocycles. The number of benzene rings is 4. The molecule has 0 amide bonds. The van der Waals surface area contributed by atoms with E-state index in [-0.39, 0.29) is 57.1 Å². The Morgan fingerprint density at radius 1 is 0.528 bits per heavy atom. The molecule has 4 rings (SSSR count). The molecule has 6 heteroatoms. The molecule has 0 heterocycles. The Bertz CT molecular complexity index is 1390. The SMILES string of the molecule is O=P(O)(O)Oc1ccc(/C=C/c2ccccc2)c(/C=C/c2ccccc2)c1/C=C/c1ccccc1.[KH]. The molecule has 36 heavy (non-hydrogen) atoms. The summed E-state index contributed by atoms with van der Waals surface area (Å²) in [5.74, 6) is 0.107. The number of phosphoric acid groups is 1. The van der Waals surface area contributed by atoms with Crippen molar-refractivity contribution < 1.29 is 18.9 Å². The van der Waals surface area contributed by atoms with Gasteiger partial charge in [-0.3, -0.25) is 9.79 Å². The number of rotatable bonds is 8. The third-order valence-electron chi connectivity index (χ3n) is 5.24. The fraction of sp³-hybridized carbons (Fsp3) is 0. The van der Waals surface area contributed by atoms with Crippen LogP contribution in [0.2, 0.25) is 0 Å². The summed E-state index contributed by atoms with van der Waals surface area (Å²) < 4.78 is 16.8. The molecule has 0 atom stereocenters. The van der Waals surface area contributed by atoms with Gasteiger partial charge in [-0.2, -0.15) is 0 Å². The summed E-state index contributed by atoms with van der Waals surface area (Å²) in [5.41, 5.74) is 5.23. The van der Waals surface area contributed by atoms with E-state index in [0.717, 1.165) is 27.8 Å². The molecule has 0 saturated carbocycles. The molecule has 0 aromatic heterocycles. The molecule has 0 unspecified atom stereocenters. The van der Waals surface area contributed by atoms with Crippen molar-refractivity contribution in [1.82, 2.24) is 0 Å². The standard InChI is InChI=1S/C30H25O4P.K.H/c31-35(32,33)34-30-23-20-27(19-16-24-10-4-1-5-11-24)28(21-17-25-12-6-2-7-13-25)29(30)22-18-26-14-8-3-9-15-26;;/h1-23H,(H2,31,32,33);;/b19-16+,21-17+,22-18+;;. The van der Waals surface area contributed by atoms with E-state index in [1.165, 1.54) is 0 Å². The van der Waals surface area contributed by atoms with Gasteiger partial charge in [0.1, 0.15) is 5.75 Å². The van der Waals surface area contributed by atoms with E-state index in [0.29, 0.717) is 5.56 Å². The van der Waals surface area contributed by atoms with Crippen LogP contribution < -0.4 is 4.52 Å². The third kappa shape index (κ3) is 8.66. The quantitative estimate of drug-likeness (QED) is 0.149. The van der Waals surface area contributed by atoms with Crippen LogP contribution in [0.5, 0.6) is 5.75 Å². The van der Waals surface area contributed by atoms with Crippen molar-refractivity contribution in [2.75, 3.05) is 0 Å². The normalized spacial score (nSPS) is 11.7. The molecule has 0 aliphatic carbocycles. The number of hydrogen-bond acceptors (Lipinski definition) is 2. The van der Waals surface area contributed by atoms with Gasteiger partial charge in [-0.1, -0.05) is 134 Å². The minimum atomic E-state index is -4.76. The zero-order chi connectivity index (χ0) is 24.5. The molecule has 0 aliphatic rings. The van der Waals surface area contributed by atoms with Gasteiger partial charge in [0.2, 0.25) is 0 Å². The van der Waals surface area contributed by atoms with Crippen LogP contribution in [0.1, 0.15) is 33.4 Å². The van der Waals surface area contributed by atoms with Crippen LogP contribution in [0.3, 0.4) is 0 Å². The third-order valence-corrected chi connectivity index (χ3v) is 5.67. The zero-order valence-corrected chi connectivity index (χ0v) is 19.8. The van der Waals surface area contributed by atoms with Gasteiger partial charge < -0.3 is 4.52 Å². The minimum absolute atomic E-state index is 0. The monoisotopic (exact) mass is 520 g/mol. The zero-order valence-electron chi connectivity index (χ0n) is 18.9. The summed E-state index contributed by atoms with van der Waals surface area (Å²) in [5, 5.41) is 0. The first-order chi connectivity index (χ1) is 17.0. The van der Waals surface area contributed by atoms with Crippen molar-refractivity contribution in [3.05, 3.63) is 137 Å². The molecule has 0 aliphatic heterocycles. The maximum absolute atomic E-state index is 11.7. The molecule has 0 spiro atoms. The second-order valence-corrected chi connectivity index (χ2v) is 8.96. The van der Waals surface area contributed by atoms with Gasteiger partial charge in [0.25, 0.3) is 0 Å². The van der Waals surface area contributed by atoms with E-state index in [4.69, 9.17) is 4.52 Å². The second-order valence-electron chi connectivity index (χ2n) is 7.79. The molecule has 0 fully saturated rings. The summed E-state index contributed by atoms with van der Waals surface area (Å²) in [6, 6.07) is 32.9. The van der Waals surface area contributed by atoms with Crippen molar-refractivity contribution >= 4 is 95.7 Å². The Morgan fingerprint density at radius 3 is 1.39 bits per heavy atom. The molecule has 176 valence electrons. The van der Waals surface area contributed by atoms with Crippen molar-refractivity contribution in [2.24, 2.45) is 0 Å². The van der Waals surface area contributed by atoms with E-state index >= 15 is 0 Å². The average molecular weight is 521 g/mol. The molecule has 2 N–H and O–H groups in total. The van der Waals surface area contributed by atoms with Crippen LogP contribution in [-0.4, -0.2) is 61.2 Å². The topological polar surface area (TPSA) is 66.8 Å². The Labute approximate surface area is 254 Å². The average Bonchev–Trinajstić information content (AvgIpc) is 2.87. The van der Waals surface area contributed by atoms with Crippen LogP contribution in [0.25, 0.3) is 36.5 Å². The van der Waals surface area contributed by atoms with Crippen LogP contribution in [0, 0.1) is 0 Å².